The van der Waals surface area contributed by atoms with Crippen LogP contribution in [0.3, 0.4) is 0 Å². The number of nitrogens with zero attached hydrogens (tertiary/aromatic N) is 2. The van der Waals surface area contributed by atoms with Crippen molar-refractivity contribution in [3.8, 4) is 5.75 Å². The molecular weight excluding hydrogens is 460 g/mol. The Morgan fingerprint density at radius 1 is 1.09 bits per heavy atom. The minimum Gasteiger partial charge on any atom is -0.491 e. The molecule has 0 saturated carbocycles. The van der Waals surface area contributed by atoms with Crippen LogP contribution in [0.1, 0.15) is 38.0 Å². The Balaban J connectivity index is 1.53. The average Bonchev–Trinajstić information content (AvgIpc) is 3.35. The van der Waals surface area contributed by atoms with Gasteiger partial charge in [-0.25, -0.2) is 0 Å². The Kier molecular flexibility index (Phi) is 8.21. The molecule has 2 heterocycles. The SMILES string of the molecule is COCCN(CC(=O)N1CCc2sccc2[C@H]1COc1ccccc1C)C(=O)c1ccc(C)cc1. The maximum Gasteiger partial charge on any atom is 0.254 e. The molecule has 35 heavy (non-hydrogen) atoms. The van der Waals surface area contributed by atoms with Crippen molar-refractivity contribution in [2.24, 2.45) is 0 Å². The predicted molar refractivity (Wildman–Crippen MR) is 138 cm³/mol. The molecule has 0 aliphatic carbocycles. The number of thiophene rings is 1. The Hall–Kier alpha value is -3.16. The normalized spacial score (nSPS) is 14.9. The smallest absolute Gasteiger partial charge is 0.254 e. The van der Waals surface area contributed by atoms with Crippen LogP contribution < -0.4 is 4.74 Å². The second-order valence-corrected chi connectivity index (χ2v) is 9.81. The number of amides is 2. The predicted octanol–water partition coefficient (Wildman–Crippen LogP) is 4.66. The van der Waals surface area contributed by atoms with Crippen LogP contribution in [0.15, 0.2) is 60.0 Å². The van der Waals surface area contributed by atoms with Gasteiger partial charge in [-0.05, 0) is 61.0 Å². The van der Waals surface area contributed by atoms with Gasteiger partial charge < -0.3 is 19.3 Å². The summed E-state index contributed by atoms with van der Waals surface area (Å²) in [6, 6.07) is 17.2. The summed E-state index contributed by atoms with van der Waals surface area (Å²) in [5.41, 5.74) is 3.84. The van der Waals surface area contributed by atoms with E-state index in [1.807, 2.05) is 55.1 Å². The molecule has 1 atom stereocenters. The summed E-state index contributed by atoms with van der Waals surface area (Å²) in [6.07, 6.45) is 0.809. The van der Waals surface area contributed by atoms with Gasteiger partial charge in [-0.1, -0.05) is 35.9 Å². The molecule has 3 aromatic rings. The second-order valence-electron chi connectivity index (χ2n) is 8.81. The van der Waals surface area contributed by atoms with E-state index in [0.29, 0.717) is 31.9 Å². The number of carbonyl (C=O) groups is 2. The third kappa shape index (κ3) is 5.92. The van der Waals surface area contributed by atoms with Crippen LogP contribution in [0.5, 0.6) is 5.75 Å². The van der Waals surface area contributed by atoms with Gasteiger partial charge in [0.25, 0.3) is 5.91 Å². The zero-order chi connectivity index (χ0) is 24.8. The van der Waals surface area contributed by atoms with Crippen molar-refractivity contribution in [2.45, 2.75) is 26.3 Å². The molecule has 184 valence electrons. The number of rotatable bonds is 9. The fourth-order valence-corrected chi connectivity index (χ4v) is 5.28. The van der Waals surface area contributed by atoms with E-state index in [4.69, 9.17) is 9.47 Å². The Morgan fingerprint density at radius 3 is 2.60 bits per heavy atom. The molecule has 0 saturated heterocycles. The molecule has 4 rings (SSSR count). The summed E-state index contributed by atoms with van der Waals surface area (Å²) >= 11 is 1.72. The maximum absolute atomic E-state index is 13.6. The van der Waals surface area contributed by atoms with Crippen LogP contribution in [0, 0.1) is 13.8 Å². The number of hydrogen-bond acceptors (Lipinski definition) is 5. The van der Waals surface area contributed by atoms with Gasteiger partial charge in [0.2, 0.25) is 5.91 Å². The lowest BCUT2D eigenvalue weighted by molar-refractivity contribution is -0.135. The number of fused-ring (bicyclic) bond motifs is 1. The van der Waals surface area contributed by atoms with Gasteiger partial charge >= 0.3 is 0 Å². The van der Waals surface area contributed by atoms with Crippen LogP contribution in [0.4, 0.5) is 0 Å². The number of methoxy groups -OCH3 is 1. The summed E-state index contributed by atoms with van der Waals surface area (Å²) in [7, 11) is 1.60. The molecule has 1 aliphatic heterocycles. The molecule has 0 bridgehead atoms. The molecule has 0 spiro atoms. The first kappa shape index (κ1) is 24.9. The average molecular weight is 493 g/mol. The molecule has 6 nitrogen and oxygen atoms in total. The maximum atomic E-state index is 13.6. The summed E-state index contributed by atoms with van der Waals surface area (Å²) < 4.78 is 11.4. The topological polar surface area (TPSA) is 59.1 Å². The fourth-order valence-electron chi connectivity index (χ4n) is 4.35. The molecule has 0 unspecified atom stereocenters. The Bertz CT molecular complexity index is 1160. The van der Waals surface area contributed by atoms with Gasteiger partial charge in [0, 0.05) is 30.6 Å². The van der Waals surface area contributed by atoms with Crippen LogP contribution in [0.2, 0.25) is 0 Å². The van der Waals surface area contributed by atoms with Crippen molar-refractivity contribution >= 4 is 23.2 Å². The zero-order valence-electron chi connectivity index (χ0n) is 20.5. The lowest BCUT2D eigenvalue weighted by Gasteiger charge is -2.37. The molecule has 2 aromatic carbocycles. The summed E-state index contributed by atoms with van der Waals surface area (Å²) in [6.45, 7) is 5.66. The zero-order valence-corrected chi connectivity index (χ0v) is 21.3. The third-order valence-electron chi connectivity index (χ3n) is 6.38. The van der Waals surface area contributed by atoms with Gasteiger partial charge in [0.15, 0.2) is 0 Å². The van der Waals surface area contributed by atoms with E-state index < -0.39 is 0 Å². The molecule has 1 aromatic heterocycles. The van der Waals surface area contributed by atoms with E-state index in [0.717, 1.165) is 28.9 Å². The summed E-state index contributed by atoms with van der Waals surface area (Å²) in [5.74, 6) is 0.562. The first-order valence-electron chi connectivity index (χ1n) is 11.9. The highest BCUT2D eigenvalue weighted by Gasteiger charge is 2.33. The van der Waals surface area contributed by atoms with Gasteiger partial charge in [-0.2, -0.15) is 0 Å². The minimum atomic E-state index is -0.198. The van der Waals surface area contributed by atoms with Gasteiger partial charge in [0.05, 0.1) is 12.6 Å². The summed E-state index contributed by atoms with van der Waals surface area (Å²) in [5, 5.41) is 2.07. The van der Waals surface area contributed by atoms with E-state index in [1.54, 1.807) is 35.5 Å². The first-order valence-corrected chi connectivity index (χ1v) is 12.7. The first-order chi connectivity index (χ1) is 17.0. The van der Waals surface area contributed by atoms with Gasteiger partial charge in [-0.3, -0.25) is 9.59 Å². The number of aryl methyl sites for hydroxylation is 2. The lowest BCUT2D eigenvalue weighted by atomic mass is 10.00. The summed E-state index contributed by atoms with van der Waals surface area (Å²) in [4.78, 5) is 31.6. The standard InChI is InChI=1S/C28H32N2O4S/c1-20-8-10-22(11-9-20)28(32)29(15-16-33-3)18-27(31)30-14-12-26-23(13-17-35-26)24(30)19-34-25-7-5-4-6-21(25)2/h4-11,13,17,24H,12,14-16,18-19H2,1-3H3/t24-/m1/s1. The monoisotopic (exact) mass is 492 g/mol. The van der Waals surface area contributed by atoms with Crippen LogP contribution in [-0.2, 0) is 16.0 Å². The third-order valence-corrected chi connectivity index (χ3v) is 7.38. The van der Waals surface area contributed by atoms with E-state index in [9.17, 15) is 9.59 Å². The van der Waals surface area contributed by atoms with Crippen molar-refractivity contribution in [1.82, 2.24) is 9.80 Å². The van der Waals surface area contributed by atoms with E-state index in [2.05, 4.69) is 11.4 Å². The quantitative estimate of drug-likeness (QED) is 0.436. The molecule has 2 amide bonds. The van der Waals surface area contributed by atoms with Crippen molar-refractivity contribution in [2.75, 3.05) is 40.0 Å². The van der Waals surface area contributed by atoms with Crippen molar-refractivity contribution in [3.63, 3.8) is 0 Å². The van der Waals surface area contributed by atoms with Crippen LogP contribution in [-0.4, -0.2) is 61.6 Å². The van der Waals surface area contributed by atoms with Crippen molar-refractivity contribution in [3.05, 3.63) is 87.1 Å². The number of para-hydroxylation sites is 1. The largest absolute Gasteiger partial charge is 0.491 e. The van der Waals surface area contributed by atoms with Gasteiger partial charge in [-0.15, -0.1) is 11.3 Å². The highest BCUT2D eigenvalue weighted by Crippen LogP contribution is 2.34. The molecule has 0 radical (unpaired) electrons. The number of carbonyl (C=O) groups excluding carboxylic acids is 2. The lowest BCUT2D eigenvalue weighted by Crippen LogP contribution is -2.48. The number of hydrogen-bond donors (Lipinski definition) is 0. The number of ether oxygens (including phenoxy) is 2. The van der Waals surface area contributed by atoms with E-state index >= 15 is 0 Å². The fraction of sp³-hybridized carbons (Fsp3) is 0.357. The van der Waals surface area contributed by atoms with Crippen molar-refractivity contribution < 1.29 is 19.1 Å². The van der Waals surface area contributed by atoms with Crippen LogP contribution in [0.25, 0.3) is 0 Å². The molecule has 0 fully saturated rings. The number of benzene rings is 2. The minimum absolute atomic E-state index is 0.00357. The van der Waals surface area contributed by atoms with Gasteiger partial charge in [0.1, 0.15) is 18.9 Å². The Morgan fingerprint density at radius 2 is 1.86 bits per heavy atom. The molecular formula is C28H32N2O4S. The molecule has 7 heteroatoms. The Labute approximate surface area is 211 Å². The highest BCUT2D eigenvalue weighted by molar-refractivity contribution is 7.10. The molecule has 1 aliphatic rings. The van der Waals surface area contributed by atoms with E-state index in [1.165, 1.54) is 4.88 Å². The van der Waals surface area contributed by atoms with Crippen molar-refractivity contribution in [1.29, 1.82) is 0 Å². The molecule has 0 N–H and O–H groups in total. The van der Waals surface area contributed by atoms with E-state index in [-0.39, 0.29) is 24.4 Å². The highest BCUT2D eigenvalue weighted by atomic mass is 32.1. The second kappa shape index (κ2) is 11.5. The van der Waals surface area contributed by atoms with Crippen LogP contribution >= 0.6 is 11.3 Å².